The molecule has 1 aromatic heterocycles. The summed E-state index contributed by atoms with van der Waals surface area (Å²) in [6.45, 7) is 4.58. The Morgan fingerprint density at radius 1 is 1.29 bits per heavy atom. The molecule has 0 spiro atoms. The number of aryl methyl sites for hydroxylation is 2. The molecule has 1 aliphatic rings. The summed E-state index contributed by atoms with van der Waals surface area (Å²) in [6, 6.07) is 5.63. The number of amides is 1. The maximum absolute atomic E-state index is 12.2. The second-order valence-electron chi connectivity index (χ2n) is 4.95. The monoisotopic (exact) mass is 304 g/mol. The maximum Gasteiger partial charge on any atom is 0.254 e. The first-order chi connectivity index (χ1) is 10.0. The van der Waals surface area contributed by atoms with Crippen LogP contribution in [0.25, 0.3) is 0 Å². The van der Waals surface area contributed by atoms with E-state index < -0.39 is 0 Å². The minimum atomic E-state index is -0.158. The molecule has 1 aliphatic heterocycles. The third kappa shape index (κ3) is 2.67. The average molecular weight is 304 g/mol. The Morgan fingerprint density at radius 2 is 2.00 bits per heavy atom. The van der Waals surface area contributed by atoms with Gasteiger partial charge in [-0.25, -0.2) is 0 Å². The van der Waals surface area contributed by atoms with E-state index in [4.69, 9.17) is 15.2 Å². The van der Waals surface area contributed by atoms with Gasteiger partial charge in [0.05, 0.1) is 10.6 Å². The summed E-state index contributed by atoms with van der Waals surface area (Å²) in [5, 5.41) is 3.44. The zero-order valence-corrected chi connectivity index (χ0v) is 12.7. The van der Waals surface area contributed by atoms with Gasteiger partial charge in [-0.1, -0.05) is 0 Å². The van der Waals surface area contributed by atoms with Gasteiger partial charge in [-0.05, 0) is 43.2 Å². The zero-order chi connectivity index (χ0) is 15.0. The lowest BCUT2D eigenvalue weighted by Gasteiger charge is -2.09. The molecule has 0 fully saturated rings. The first kappa shape index (κ1) is 13.8. The molecular weight excluding hydrogens is 288 g/mol. The largest absolute Gasteiger partial charge is 0.454 e. The van der Waals surface area contributed by atoms with E-state index >= 15 is 0 Å². The molecule has 0 bridgehead atoms. The molecule has 0 atom stereocenters. The van der Waals surface area contributed by atoms with E-state index in [1.807, 2.05) is 32.0 Å². The Hall–Kier alpha value is -2.21. The Bertz CT molecular complexity index is 709. The minimum absolute atomic E-state index is 0.158. The standard InChI is InChI=1S/C15H16N2O3S/c1-8-3-12-13(20-7-19-12)5-10(8)6-17-15(18)11-4-9(2)21-14(11)16/h3-5H,6-7,16H2,1-2H3,(H,17,18). The summed E-state index contributed by atoms with van der Waals surface area (Å²) >= 11 is 1.42. The highest BCUT2D eigenvalue weighted by molar-refractivity contribution is 7.16. The predicted octanol–water partition coefficient (Wildman–Crippen LogP) is 2.61. The summed E-state index contributed by atoms with van der Waals surface area (Å²) in [5.41, 5.74) is 8.42. The van der Waals surface area contributed by atoms with Crippen molar-refractivity contribution in [3.63, 3.8) is 0 Å². The van der Waals surface area contributed by atoms with Crippen LogP contribution >= 0.6 is 11.3 Å². The number of fused-ring (bicyclic) bond motifs is 1. The summed E-state index contributed by atoms with van der Waals surface area (Å²) in [6.07, 6.45) is 0. The van der Waals surface area contributed by atoms with Crippen LogP contribution in [-0.2, 0) is 6.54 Å². The number of hydrogen-bond acceptors (Lipinski definition) is 5. The van der Waals surface area contributed by atoms with Crippen LogP contribution in [0, 0.1) is 13.8 Å². The lowest BCUT2D eigenvalue weighted by atomic mass is 10.1. The fourth-order valence-corrected chi connectivity index (χ4v) is 3.04. The van der Waals surface area contributed by atoms with Crippen LogP contribution in [0.5, 0.6) is 11.5 Å². The molecule has 2 aromatic rings. The van der Waals surface area contributed by atoms with Crippen molar-refractivity contribution in [1.82, 2.24) is 5.32 Å². The van der Waals surface area contributed by atoms with Crippen LogP contribution in [0.3, 0.4) is 0 Å². The number of nitrogens with two attached hydrogens (primary N) is 1. The average Bonchev–Trinajstić information content (AvgIpc) is 3.01. The van der Waals surface area contributed by atoms with Gasteiger partial charge in [-0.15, -0.1) is 11.3 Å². The van der Waals surface area contributed by atoms with Crippen LogP contribution < -0.4 is 20.5 Å². The number of nitrogen functional groups attached to an aromatic ring is 1. The molecule has 0 radical (unpaired) electrons. The summed E-state index contributed by atoms with van der Waals surface area (Å²) in [7, 11) is 0. The highest BCUT2D eigenvalue weighted by Gasteiger charge is 2.17. The second-order valence-corrected chi connectivity index (χ2v) is 6.24. The number of rotatable bonds is 3. The summed E-state index contributed by atoms with van der Waals surface area (Å²) < 4.78 is 10.7. The molecule has 1 aromatic carbocycles. The number of ether oxygens (including phenoxy) is 2. The molecule has 6 heteroatoms. The number of nitrogens with one attached hydrogen (secondary N) is 1. The topological polar surface area (TPSA) is 73.6 Å². The Kier molecular flexibility index (Phi) is 3.47. The van der Waals surface area contributed by atoms with Gasteiger partial charge < -0.3 is 20.5 Å². The molecule has 110 valence electrons. The van der Waals surface area contributed by atoms with Crippen LogP contribution in [-0.4, -0.2) is 12.7 Å². The maximum atomic E-state index is 12.2. The van der Waals surface area contributed by atoms with Crippen molar-refractivity contribution in [3.05, 3.63) is 39.8 Å². The molecule has 1 amide bonds. The number of thiophene rings is 1. The smallest absolute Gasteiger partial charge is 0.254 e. The predicted molar refractivity (Wildman–Crippen MR) is 81.9 cm³/mol. The SMILES string of the molecule is Cc1cc(C(=O)NCc2cc3c(cc2C)OCO3)c(N)s1. The highest BCUT2D eigenvalue weighted by atomic mass is 32.1. The number of anilines is 1. The van der Waals surface area contributed by atoms with Crippen LogP contribution in [0.1, 0.15) is 26.4 Å². The number of hydrogen-bond donors (Lipinski definition) is 2. The van der Waals surface area contributed by atoms with Crippen LogP contribution in [0.2, 0.25) is 0 Å². The Balaban J connectivity index is 1.73. The molecule has 21 heavy (non-hydrogen) atoms. The summed E-state index contributed by atoms with van der Waals surface area (Å²) in [4.78, 5) is 13.2. The van der Waals surface area contributed by atoms with Gasteiger partial charge >= 0.3 is 0 Å². The van der Waals surface area contributed by atoms with E-state index in [-0.39, 0.29) is 12.7 Å². The van der Waals surface area contributed by atoms with Crippen molar-refractivity contribution in [2.45, 2.75) is 20.4 Å². The molecule has 5 nitrogen and oxygen atoms in total. The molecule has 3 N–H and O–H groups in total. The number of carbonyl (C=O) groups is 1. The molecule has 3 rings (SSSR count). The minimum Gasteiger partial charge on any atom is -0.454 e. The zero-order valence-electron chi connectivity index (χ0n) is 11.9. The van der Waals surface area contributed by atoms with Gasteiger partial charge in [0.2, 0.25) is 6.79 Å². The quantitative estimate of drug-likeness (QED) is 0.914. The van der Waals surface area contributed by atoms with Gasteiger partial charge in [0.1, 0.15) is 0 Å². The van der Waals surface area contributed by atoms with E-state index in [1.54, 1.807) is 0 Å². The van der Waals surface area contributed by atoms with Crippen LogP contribution in [0.4, 0.5) is 5.00 Å². The van der Waals surface area contributed by atoms with Crippen molar-refractivity contribution in [2.24, 2.45) is 0 Å². The van der Waals surface area contributed by atoms with E-state index in [1.165, 1.54) is 11.3 Å². The molecule has 0 saturated carbocycles. The Labute approximate surface area is 126 Å². The van der Waals surface area contributed by atoms with E-state index in [9.17, 15) is 4.79 Å². The molecule has 0 saturated heterocycles. The normalized spacial score (nSPS) is 12.5. The fourth-order valence-electron chi connectivity index (χ4n) is 2.26. The molecule has 0 aliphatic carbocycles. The first-order valence-corrected chi connectivity index (χ1v) is 7.39. The number of benzene rings is 1. The van der Waals surface area contributed by atoms with E-state index in [0.29, 0.717) is 17.1 Å². The van der Waals surface area contributed by atoms with Gasteiger partial charge in [-0.3, -0.25) is 4.79 Å². The van der Waals surface area contributed by atoms with Crippen molar-refractivity contribution in [2.75, 3.05) is 12.5 Å². The third-order valence-corrected chi connectivity index (χ3v) is 4.28. The van der Waals surface area contributed by atoms with E-state index in [0.717, 1.165) is 27.5 Å². The molecule has 0 unspecified atom stereocenters. The van der Waals surface area contributed by atoms with Crippen LogP contribution in [0.15, 0.2) is 18.2 Å². The van der Waals surface area contributed by atoms with Gasteiger partial charge in [0.25, 0.3) is 5.91 Å². The summed E-state index contributed by atoms with van der Waals surface area (Å²) in [5.74, 6) is 1.31. The second kappa shape index (κ2) is 5.29. The van der Waals surface area contributed by atoms with Crippen molar-refractivity contribution in [1.29, 1.82) is 0 Å². The van der Waals surface area contributed by atoms with Crippen molar-refractivity contribution >= 4 is 22.2 Å². The van der Waals surface area contributed by atoms with Gasteiger partial charge in [0, 0.05) is 11.4 Å². The highest BCUT2D eigenvalue weighted by Crippen LogP contribution is 2.34. The van der Waals surface area contributed by atoms with Gasteiger partial charge in [0.15, 0.2) is 11.5 Å². The van der Waals surface area contributed by atoms with Crippen molar-refractivity contribution < 1.29 is 14.3 Å². The fraction of sp³-hybridized carbons (Fsp3) is 0.267. The lowest BCUT2D eigenvalue weighted by molar-refractivity contribution is 0.0952. The molecule has 2 heterocycles. The lowest BCUT2D eigenvalue weighted by Crippen LogP contribution is -2.23. The first-order valence-electron chi connectivity index (χ1n) is 6.58. The van der Waals surface area contributed by atoms with Crippen molar-refractivity contribution in [3.8, 4) is 11.5 Å². The third-order valence-electron chi connectivity index (χ3n) is 3.40. The molecular formula is C15H16N2O3S. The van der Waals surface area contributed by atoms with E-state index in [2.05, 4.69) is 5.32 Å². The number of carbonyl (C=O) groups excluding carboxylic acids is 1. The van der Waals surface area contributed by atoms with Gasteiger partial charge in [-0.2, -0.15) is 0 Å². The Morgan fingerprint density at radius 3 is 2.67 bits per heavy atom.